The van der Waals surface area contributed by atoms with Gasteiger partial charge in [0, 0.05) is 6.04 Å². The van der Waals surface area contributed by atoms with Gasteiger partial charge in [0.2, 0.25) is 0 Å². The zero-order valence-corrected chi connectivity index (χ0v) is 9.91. The fourth-order valence-corrected chi connectivity index (χ4v) is 2.13. The van der Waals surface area contributed by atoms with E-state index < -0.39 is 0 Å². The quantitative estimate of drug-likeness (QED) is 0.729. The summed E-state index contributed by atoms with van der Waals surface area (Å²) in [5.41, 5.74) is 3.75. The van der Waals surface area contributed by atoms with Gasteiger partial charge in [-0.05, 0) is 44.9 Å². The van der Waals surface area contributed by atoms with Crippen molar-refractivity contribution in [2.24, 2.45) is 0 Å². The van der Waals surface area contributed by atoms with E-state index in [0.717, 1.165) is 17.8 Å². The first-order valence-corrected chi connectivity index (χ1v) is 5.61. The highest BCUT2D eigenvalue weighted by atomic mass is 15.1. The van der Waals surface area contributed by atoms with Gasteiger partial charge in [-0.1, -0.05) is 13.0 Å². The van der Waals surface area contributed by atoms with Crippen LogP contribution in [0.1, 0.15) is 38.2 Å². The fraction of sp³-hybridized carbons (Fsp3) is 0.462. The van der Waals surface area contributed by atoms with Crippen LogP contribution in [0, 0.1) is 6.92 Å². The second-order valence-electron chi connectivity index (χ2n) is 4.30. The first-order valence-electron chi connectivity index (χ1n) is 5.61. The average Bonchev–Trinajstić information content (AvgIpc) is 2.52. The third kappa shape index (κ3) is 1.65. The lowest BCUT2D eigenvalue weighted by atomic mass is 10.1. The molecule has 0 spiro atoms. The molecule has 0 radical (unpaired) electrons. The maximum absolute atomic E-state index is 4.57. The summed E-state index contributed by atoms with van der Waals surface area (Å²) < 4.78 is 2.30. The molecular formula is C13H18N2. The summed E-state index contributed by atoms with van der Waals surface area (Å²) in [6.07, 6.45) is 1.08. The Morgan fingerprint density at radius 3 is 2.67 bits per heavy atom. The Labute approximate surface area is 90.9 Å². The topological polar surface area (TPSA) is 17.8 Å². The lowest BCUT2D eigenvalue weighted by molar-refractivity contribution is 0.600. The van der Waals surface area contributed by atoms with Crippen molar-refractivity contribution in [2.45, 2.75) is 40.2 Å². The minimum absolute atomic E-state index is 0.474. The highest BCUT2D eigenvalue weighted by Crippen LogP contribution is 2.21. The largest absolute Gasteiger partial charge is 0.326 e. The molecule has 0 N–H and O–H groups in total. The normalized spacial score (nSPS) is 11.5. The number of rotatable bonds is 2. The van der Waals surface area contributed by atoms with Crippen molar-refractivity contribution in [3.05, 3.63) is 29.6 Å². The molecule has 1 aromatic heterocycles. The molecule has 2 aromatic rings. The smallest absolute Gasteiger partial charge is 0.106 e. The lowest BCUT2D eigenvalue weighted by Crippen LogP contribution is -2.02. The van der Waals surface area contributed by atoms with Crippen LogP contribution in [0.4, 0.5) is 0 Å². The van der Waals surface area contributed by atoms with Crippen LogP contribution in [-0.2, 0) is 6.42 Å². The molecule has 0 unspecified atom stereocenters. The monoisotopic (exact) mass is 202 g/mol. The third-order valence-corrected chi connectivity index (χ3v) is 2.85. The molecule has 80 valence electrons. The number of hydrogen-bond donors (Lipinski definition) is 0. The molecular weight excluding hydrogens is 184 g/mol. The van der Waals surface area contributed by atoms with E-state index >= 15 is 0 Å². The summed E-state index contributed by atoms with van der Waals surface area (Å²) in [5.74, 6) is 1.10. The Bertz CT molecular complexity index is 480. The van der Waals surface area contributed by atoms with Gasteiger partial charge in [0.15, 0.2) is 0 Å². The highest BCUT2D eigenvalue weighted by Gasteiger charge is 2.09. The number of nitrogens with zero attached hydrogens (tertiary/aromatic N) is 2. The van der Waals surface area contributed by atoms with Crippen molar-refractivity contribution in [1.29, 1.82) is 0 Å². The predicted octanol–water partition coefficient (Wildman–Crippen LogP) is 3.49. The number of aryl methyl sites for hydroxylation is 2. The average molecular weight is 202 g/mol. The number of hydrogen-bond acceptors (Lipinski definition) is 1. The Hall–Kier alpha value is -1.31. The van der Waals surface area contributed by atoms with Crippen molar-refractivity contribution in [2.75, 3.05) is 0 Å². The zero-order chi connectivity index (χ0) is 11.0. The van der Waals surface area contributed by atoms with Gasteiger partial charge in [-0.3, -0.25) is 0 Å². The van der Waals surface area contributed by atoms with Gasteiger partial charge in [0.25, 0.3) is 0 Å². The van der Waals surface area contributed by atoms with Crippen molar-refractivity contribution >= 4 is 11.0 Å². The lowest BCUT2D eigenvalue weighted by Gasteiger charge is -2.11. The van der Waals surface area contributed by atoms with Gasteiger partial charge in [-0.25, -0.2) is 4.98 Å². The van der Waals surface area contributed by atoms with Crippen molar-refractivity contribution in [1.82, 2.24) is 9.55 Å². The Kier molecular flexibility index (Phi) is 2.51. The van der Waals surface area contributed by atoms with E-state index in [9.17, 15) is 0 Å². The standard InChI is InChI=1S/C13H18N2/c1-5-11-6-7-12-13(8-11)15(9(2)3)10(4)14-12/h6-9H,5H2,1-4H3. The molecule has 2 heteroatoms. The molecule has 0 aliphatic carbocycles. The Balaban J connectivity index is 2.72. The second-order valence-corrected chi connectivity index (χ2v) is 4.30. The number of benzene rings is 1. The minimum Gasteiger partial charge on any atom is -0.326 e. The molecule has 0 saturated heterocycles. The molecule has 0 amide bonds. The third-order valence-electron chi connectivity index (χ3n) is 2.85. The summed E-state index contributed by atoms with van der Waals surface area (Å²) in [5, 5.41) is 0. The molecule has 0 atom stereocenters. The Morgan fingerprint density at radius 1 is 1.33 bits per heavy atom. The van der Waals surface area contributed by atoms with Gasteiger partial charge in [0.1, 0.15) is 5.82 Å². The van der Waals surface area contributed by atoms with E-state index in [1.807, 2.05) is 0 Å². The van der Waals surface area contributed by atoms with Gasteiger partial charge < -0.3 is 4.57 Å². The van der Waals surface area contributed by atoms with E-state index in [4.69, 9.17) is 0 Å². The van der Waals surface area contributed by atoms with Gasteiger partial charge in [-0.2, -0.15) is 0 Å². The maximum atomic E-state index is 4.57. The molecule has 15 heavy (non-hydrogen) atoms. The van der Waals surface area contributed by atoms with Crippen LogP contribution in [0.15, 0.2) is 18.2 Å². The molecule has 0 fully saturated rings. The van der Waals surface area contributed by atoms with Crippen LogP contribution < -0.4 is 0 Å². The van der Waals surface area contributed by atoms with Gasteiger partial charge in [0.05, 0.1) is 11.0 Å². The number of fused-ring (bicyclic) bond motifs is 1. The first kappa shape index (κ1) is 10.2. The maximum Gasteiger partial charge on any atom is 0.106 e. The van der Waals surface area contributed by atoms with Crippen molar-refractivity contribution in [3.8, 4) is 0 Å². The van der Waals surface area contributed by atoms with Crippen LogP contribution in [0.25, 0.3) is 11.0 Å². The summed E-state index contributed by atoms with van der Waals surface area (Å²) in [4.78, 5) is 4.57. The molecule has 0 bridgehead atoms. The van der Waals surface area contributed by atoms with Crippen molar-refractivity contribution in [3.63, 3.8) is 0 Å². The Morgan fingerprint density at radius 2 is 2.07 bits per heavy atom. The van der Waals surface area contributed by atoms with E-state index in [1.54, 1.807) is 0 Å². The zero-order valence-electron chi connectivity index (χ0n) is 9.91. The van der Waals surface area contributed by atoms with E-state index in [1.165, 1.54) is 11.1 Å². The first-order chi connectivity index (χ1) is 7.13. The number of aromatic nitrogens is 2. The summed E-state index contributed by atoms with van der Waals surface area (Å²) in [6, 6.07) is 7.02. The van der Waals surface area contributed by atoms with Crippen LogP contribution in [0.3, 0.4) is 0 Å². The molecule has 0 aliphatic rings. The summed E-state index contributed by atoms with van der Waals surface area (Å²) in [6.45, 7) is 8.66. The van der Waals surface area contributed by atoms with E-state index in [0.29, 0.717) is 6.04 Å². The van der Waals surface area contributed by atoms with Crippen LogP contribution in [-0.4, -0.2) is 9.55 Å². The minimum atomic E-state index is 0.474. The molecule has 0 aliphatic heterocycles. The van der Waals surface area contributed by atoms with E-state index in [2.05, 4.69) is 55.4 Å². The second kappa shape index (κ2) is 3.69. The molecule has 0 saturated carbocycles. The molecule has 1 heterocycles. The SMILES string of the molecule is CCc1ccc2nc(C)n(C(C)C)c2c1. The van der Waals surface area contributed by atoms with Crippen LogP contribution >= 0.6 is 0 Å². The van der Waals surface area contributed by atoms with Crippen LogP contribution in [0.2, 0.25) is 0 Å². The summed E-state index contributed by atoms with van der Waals surface area (Å²) in [7, 11) is 0. The predicted molar refractivity (Wildman–Crippen MR) is 64.2 cm³/mol. The van der Waals surface area contributed by atoms with E-state index in [-0.39, 0.29) is 0 Å². The highest BCUT2D eigenvalue weighted by molar-refractivity contribution is 5.77. The molecule has 2 nitrogen and oxygen atoms in total. The molecule has 2 rings (SSSR count). The fourth-order valence-electron chi connectivity index (χ4n) is 2.13. The number of imidazole rings is 1. The van der Waals surface area contributed by atoms with Crippen LogP contribution in [0.5, 0.6) is 0 Å². The van der Waals surface area contributed by atoms with Crippen molar-refractivity contribution < 1.29 is 0 Å². The van der Waals surface area contributed by atoms with Gasteiger partial charge in [-0.15, -0.1) is 0 Å². The molecule has 1 aromatic carbocycles. The summed E-state index contributed by atoms with van der Waals surface area (Å²) >= 11 is 0. The van der Waals surface area contributed by atoms with Gasteiger partial charge >= 0.3 is 0 Å².